The summed E-state index contributed by atoms with van der Waals surface area (Å²) in [5.74, 6) is -1.61. The maximum Gasteiger partial charge on any atom is 0.304 e. The van der Waals surface area contributed by atoms with Gasteiger partial charge in [-0.05, 0) is 44.0 Å². The van der Waals surface area contributed by atoms with Gasteiger partial charge < -0.3 is 10.2 Å². The Kier molecular flexibility index (Phi) is 8.57. The molecule has 0 saturated heterocycles. The molecule has 10 heteroatoms. The zero-order valence-corrected chi connectivity index (χ0v) is 20.6. The molecule has 0 aliphatic heterocycles. The summed E-state index contributed by atoms with van der Waals surface area (Å²) < 4.78 is 42.7. The van der Waals surface area contributed by atoms with Gasteiger partial charge in [-0.3, -0.25) is 9.59 Å². The summed E-state index contributed by atoms with van der Waals surface area (Å²) in [6, 6.07) is 10.3. The van der Waals surface area contributed by atoms with Gasteiger partial charge in [0.25, 0.3) is 0 Å². The lowest BCUT2D eigenvalue weighted by molar-refractivity contribution is -0.139. The van der Waals surface area contributed by atoms with Gasteiger partial charge in [-0.25, -0.2) is 8.70 Å². The topological polar surface area (TPSA) is 90.0 Å². The first-order chi connectivity index (χ1) is 15.4. The predicted octanol–water partition coefficient (Wildman–Crippen LogP) is 2.22. The molecular weight excluding hydrogens is 447 g/mol. The van der Waals surface area contributed by atoms with Gasteiger partial charge >= 0.3 is 10.2 Å². The number of likely N-dealkylation sites (N-methyl/N-ethyl adjacent to an activating group) is 1. The van der Waals surface area contributed by atoms with Crippen LogP contribution in [0.1, 0.15) is 23.6 Å². The standard InChI is InChI=1S/C23H31FN4O4S/c1-16-11-12-17(2)21(13-16)28(33(31,32)26(5)6)15-22(29)27(18(3)23(30)25-4)14-19-9-7-8-10-20(19)24/h7-13,18H,14-15H2,1-6H3,(H,25,30)/t18-/m0/s1. The summed E-state index contributed by atoms with van der Waals surface area (Å²) in [5.41, 5.74) is 2.06. The van der Waals surface area contributed by atoms with Crippen LogP contribution in [0.4, 0.5) is 10.1 Å². The van der Waals surface area contributed by atoms with Crippen LogP contribution in [0.5, 0.6) is 0 Å². The summed E-state index contributed by atoms with van der Waals surface area (Å²) in [6.45, 7) is 4.34. The van der Waals surface area contributed by atoms with Crippen molar-refractivity contribution in [2.24, 2.45) is 0 Å². The average molecular weight is 479 g/mol. The third-order valence-corrected chi connectivity index (χ3v) is 7.17. The number of amides is 2. The maximum atomic E-state index is 14.3. The molecule has 33 heavy (non-hydrogen) atoms. The second-order valence-corrected chi connectivity index (χ2v) is 10.1. The number of carbonyl (C=O) groups excluding carboxylic acids is 2. The van der Waals surface area contributed by atoms with Gasteiger partial charge in [0.15, 0.2) is 0 Å². The van der Waals surface area contributed by atoms with Gasteiger partial charge in [-0.1, -0.05) is 30.3 Å². The third-order valence-electron chi connectivity index (χ3n) is 5.36. The molecule has 0 radical (unpaired) electrons. The van der Waals surface area contributed by atoms with Crippen molar-refractivity contribution >= 4 is 27.7 Å². The monoisotopic (exact) mass is 478 g/mol. The molecular formula is C23H31FN4O4S. The molecule has 0 fully saturated rings. The Morgan fingerprint density at radius 2 is 1.73 bits per heavy atom. The molecule has 0 aromatic heterocycles. The molecule has 0 bridgehead atoms. The quantitative estimate of drug-likeness (QED) is 0.599. The Hall–Kier alpha value is -2.98. The van der Waals surface area contributed by atoms with E-state index in [0.29, 0.717) is 11.3 Å². The van der Waals surface area contributed by atoms with E-state index in [1.807, 2.05) is 13.0 Å². The summed E-state index contributed by atoms with van der Waals surface area (Å²) in [4.78, 5) is 27.0. The number of hydrogen-bond donors (Lipinski definition) is 1. The molecule has 2 aromatic carbocycles. The fourth-order valence-electron chi connectivity index (χ4n) is 3.29. The van der Waals surface area contributed by atoms with Crippen LogP contribution >= 0.6 is 0 Å². The second kappa shape index (κ2) is 10.8. The number of nitrogens with one attached hydrogen (secondary N) is 1. The van der Waals surface area contributed by atoms with Gasteiger partial charge in [0.2, 0.25) is 11.8 Å². The Bertz CT molecular complexity index is 1120. The number of halogens is 1. The fourth-order valence-corrected chi connectivity index (χ4v) is 4.40. The van der Waals surface area contributed by atoms with Crippen molar-refractivity contribution in [1.82, 2.24) is 14.5 Å². The highest BCUT2D eigenvalue weighted by Gasteiger charge is 2.33. The highest BCUT2D eigenvalue weighted by Crippen LogP contribution is 2.26. The number of anilines is 1. The van der Waals surface area contributed by atoms with E-state index in [1.165, 1.54) is 51.2 Å². The minimum atomic E-state index is -4.05. The van der Waals surface area contributed by atoms with Crippen LogP contribution in [-0.4, -0.2) is 63.2 Å². The lowest BCUT2D eigenvalue weighted by Crippen LogP contribution is -2.52. The molecule has 0 aliphatic carbocycles. The van der Waals surface area contributed by atoms with Gasteiger partial charge in [0.05, 0.1) is 5.69 Å². The molecule has 2 amide bonds. The van der Waals surface area contributed by atoms with Gasteiger partial charge in [-0.15, -0.1) is 0 Å². The van der Waals surface area contributed by atoms with Crippen molar-refractivity contribution in [2.45, 2.75) is 33.4 Å². The van der Waals surface area contributed by atoms with Gasteiger partial charge in [-0.2, -0.15) is 12.7 Å². The SMILES string of the molecule is CNC(=O)[C@H](C)N(Cc1ccccc1F)C(=O)CN(c1cc(C)ccc1C)S(=O)(=O)N(C)C. The van der Waals surface area contributed by atoms with E-state index in [0.717, 1.165) is 14.2 Å². The normalized spacial score (nSPS) is 12.4. The van der Waals surface area contributed by atoms with Crippen molar-refractivity contribution in [3.63, 3.8) is 0 Å². The molecule has 0 heterocycles. The number of hydrogen-bond acceptors (Lipinski definition) is 4. The van der Waals surface area contributed by atoms with E-state index < -0.39 is 40.4 Å². The second-order valence-electron chi connectivity index (χ2n) is 7.99. The van der Waals surface area contributed by atoms with Crippen molar-refractivity contribution in [3.05, 3.63) is 65.0 Å². The van der Waals surface area contributed by atoms with Crippen molar-refractivity contribution in [1.29, 1.82) is 0 Å². The van der Waals surface area contributed by atoms with E-state index in [2.05, 4.69) is 5.32 Å². The Morgan fingerprint density at radius 1 is 1.09 bits per heavy atom. The van der Waals surface area contributed by atoms with Crippen LogP contribution in [0.25, 0.3) is 0 Å². The van der Waals surface area contributed by atoms with E-state index >= 15 is 0 Å². The smallest absolute Gasteiger partial charge is 0.304 e. The molecule has 0 unspecified atom stereocenters. The van der Waals surface area contributed by atoms with Crippen molar-refractivity contribution < 1.29 is 22.4 Å². The van der Waals surface area contributed by atoms with Crippen LogP contribution in [0.15, 0.2) is 42.5 Å². The minimum absolute atomic E-state index is 0.192. The Labute approximate surface area is 195 Å². The first-order valence-corrected chi connectivity index (χ1v) is 11.8. The zero-order valence-electron chi connectivity index (χ0n) is 19.8. The van der Waals surface area contributed by atoms with E-state index in [-0.39, 0.29) is 12.1 Å². The van der Waals surface area contributed by atoms with E-state index in [4.69, 9.17) is 0 Å². The molecule has 0 spiro atoms. The van der Waals surface area contributed by atoms with Crippen LogP contribution in [0.3, 0.4) is 0 Å². The maximum absolute atomic E-state index is 14.3. The molecule has 0 saturated carbocycles. The van der Waals surface area contributed by atoms with Crippen LogP contribution in [0, 0.1) is 19.7 Å². The third kappa shape index (κ3) is 6.08. The van der Waals surface area contributed by atoms with Gasteiger partial charge in [0.1, 0.15) is 18.4 Å². The Morgan fingerprint density at radius 3 is 2.30 bits per heavy atom. The molecule has 0 aliphatic rings. The number of carbonyl (C=O) groups is 2. The van der Waals surface area contributed by atoms with E-state index in [1.54, 1.807) is 25.1 Å². The minimum Gasteiger partial charge on any atom is -0.357 e. The lowest BCUT2D eigenvalue weighted by atomic mass is 10.1. The van der Waals surface area contributed by atoms with Gasteiger partial charge in [0, 0.05) is 33.3 Å². The average Bonchev–Trinajstić information content (AvgIpc) is 2.77. The highest BCUT2D eigenvalue weighted by atomic mass is 32.2. The van der Waals surface area contributed by atoms with Crippen molar-refractivity contribution in [2.75, 3.05) is 32.0 Å². The molecule has 2 aromatic rings. The summed E-state index contributed by atoms with van der Waals surface area (Å²) in [6.07, 6.45) is 0. The summed E-state index contributed by atoms with van der Waals surface area (Å²) in [7, 11) is 0.141. The predicted molar refractivity (Wildman–Crippen MR) is 126 cm³/mol. The highest BCUT2D eigenvalue weighted by molar-refractivity contribution is 7.90. The molecule has 180 valence electrons. The first-order valence-electron chi connectivity index (χ1n) is 10.4. The molecule has 8 nitrogen and oxygen atoms in total. The molecule has 1 N–H and O–H groups in total. The zero-order chi connectivity index (χ0) is 24.9. The number of benzene rings is 2. The summed E-state index contributed by atoms with van der Waals surface area (Å²) >= 11 is 0. The number of rotatable bonds is 9. The van der Waals surface area contributed by atoms with Crippen LogP contribution < -0.4 is 9.62 Å². The van der Waals surface area contributed by atoms with E-state index in [9.17, 15) is 22.4 Å². The van der Waals surface area contributed by atoms with Crippen molar-refractivity contribution in [3.8, 4) is 0 Å². The molecule has 1 atom stereocenters. The van der Waals surface area contributed by atoms with Crippen LogP contribution in [-0.2, 0) is 26.3 Å². The number of aryl methyl sites for hydroxylation is 2. The molecule has 2 rings (SSSR count). The van der Waals surface area contributed by atoms with Crippen LogP contribution in [0.2, 0.25) is 0 Å². The lowest BCUT2D eigenvalue weighted by Gasteiger charge is -2.33. The summed E-state index contributed by atoms with van der Waals surface area (Å²) in [5, 5.41) is 2.48. The Balaban J connectivity index is 2.52. The number of nitrogens with zero attached hydrogens (tertiary/aromatic N) is 3. The fraction of sp³-hybridized carbons (Fsp3) is 0.391. The first kappa shape index (κ1) is 26.3. The largest absolute Gasteiger partial charge is 0.357 e.